The zero-order valence-corrected chi connectivity index (χ0v) is 21.2. The molecule has 1 saturated heterocycles. The second kappa shape index (κ2) is 10.8. The highest BCUT2D eigenvalue weighted by Crippen LogP contribution is 2.34. The number of rotatable bonds is 6. The van der Waals surface area contributed by atoms with Crippen molar-refractivity contribution in [2.24, 2.45) is 0 Å². The van der Waals surface area contributed by atoms with Gasteiger partial charge in [-0.15, -0.1) is 0 Å². The standard InChI is InChI=1S/C29H30N4O4/c1-19-4-6-20(7-5-19)26-18-27(33-12-14-37-15-13-33)23-16-21(8-10-24(23)31-26)30-29(34)32-25-11-9-22(35-2)17-28(25)36-3/h4-11,16-18H,12-15H2,1-3H3,(H2,30,32,34). The smallest absolute Gasteiger partial charge is 0.323 e. The first kappa shape index (κ1) is 24.4. The van der Waals surface area contributed by atoms with E-state index in [2.05, 4.69) is 52.8 Å². The Kier molecular flexibility index (Phi) is 7.09. The molecule has 2 amide bonds. The lowest BCUT2D eigenvalue weighted by Crippen LogP contribution is -2.36. The van der Waals surface area contributed by atoms with E-state index in [1.165, 1.54) is 5.56 Å². The number of anilines is 3. The van der Waals surface area contributed by atoms with Gasteiger partial charge in [0.2, 0.25) is 0 Å². The predicted octanol–water partition coefficient (Wildman–Crippen LogP) is 5.71. The van der Waals surface area contributed by atoms with Gasteiger partial charge in [-0.25, -0.2) is 9.78 Å². The number of methoxy groups -OCH3 is 2. The number of carbonyl (C=O) groups is 1. The number of nitrogens with zero attached hydrogens (tertiary/aromatic N) is 2. The van der Waals surface area contributed by atoms with Gasteiger partial charge in [-0.2, -0.15) is 0 Å². The molecule has 1 fully saturated rings. The fraction of sp³-hybridized carbons (Fsp3) is 0.241. The van der Waals surface area contributed by atoms with Gasteiger partial charge in [0.1, 0.15) is 11.5 Å². The molecule has 2 heterocycles. The number of aryl methyl sites for hydroxylation is 1. The number of amides is 2. The monoisotopic (exact) mass is 498 g/mol. The Morgan fingerprint density at radius 2 is 1.70 bits per heavy atom. The van der Waals surface area contributed by atoms with Crippen LogP contribution < -0.4 is 25.0 Å². The molecular formula is C29H30N4O4. The van der Waals surface area contributed by atoms with Crippen LogP contribution in [0.25, 0.3) is 22.2 Å². The topological polar surface area (TPSA) is 85.0 Å². The van der Waals surface area contributed by atoms with E-state index in [0.717, 1.165) is 40.9 Å². The molecule has 37 heavy (non-hydrogen) atoms. The van der Waals surface area contributed by atoms with Crippen LogP contribution in [0.3, 0.4) is 0 Å². The maximum Gasteiger partial charge on any atom is 0.323 e. The van der Waals surface area contributed by atoms with E-state index >= 15 is 0 Å². The highest BCUT2D eigenvalue weighted by atomic mass is 16.5. The average Bonchev–Trinajstić information content (AvgIpc) is 2.93. The summed E-state index contributed by atoms with van der Waals surface area (Å²) in [7, 11) is 3.13. The number of benzene rings is 3. The van der Waals surface area contributed by atoms with Crippen LogP contribution in [0, 0.1) is 6.92 Å². The van der Waals surface area contributed by atoms with E-state index in [0.29, 0.717) is 36.1 Å². The van der Waals surface area contributed by atoms with Crippen molar-refractivity contribution in [1.29, 1.82) is 0 Å². The summed E-state index contributed by atoms with van der Waals surface area (Å²) in [5.74, 6) is 1.15. The minimum absolute atomic E-state index is 0.375. The number of nitrogens with one attached hydrogen (secondary N) is 2. The number of fused-ring (bicyclic) bond motifs is 1. The van der Waals surface area contributed by atoms with E-state index in [1.807, 2.05) is 18.2 Å². The molecule has 1 aliphatic heterocycles. The number of hydrogen-bond donors (Lipinski definition) is 2. The summed E-state index contributed by atoms with van der Waals surface area (Å²) >= 11 is 0. The highest BCUT2D eigenvalue weighted by Gasteiger charge is 2.18. The van der Waals surface area contributed by atoms with Crippen LogP contribution in [0.15, 0.2) is 66.7 Å². The SMILES string of the molecule is COc1ccc(NC(=O)Nc2ccc3nc(-c4ccc(C)cc4)cc(N4CCOCC4)c3c2)c(OC)c1. The molecule has 4 aromatic rings. The van der Waals surface area contributed by atoms with Crippen LogP contribution in [0.1, 0.15) is 5.56 Å². The van der Waals surface area contributed by atoms with Crippen molar-refractivity contribution < 1.29 is 19.0 Å². The third-order valence-electron chi connectivity index (χ3n) is 6.40. The van der Waals surface area contributed by atoms with Gasteiger partial charge in [0.25, 0.3) is 0 Å². The van der Waals surface area contributed by atoms with E-state index in [4.69, 9.17) is 19.2 Å². The molecule has 190 valence electrons. The summed E-state index contributed by atoms with van der Waals surface area (Å²) in [6, 6.07) is 21.1. The van der Waals surface area contributed by atoms with Crippen LogP contribution >= 0.6 is 0 Å². The lowest BCUT2D eigenvalue weighted by Gasteiger charge is -2.30. The van der Waals surface area contributed by atoms with Gasteiger partial charge >= 0.3 is 6.03 Å². The molecular weight excluding hydrogens is 468 g/mol. The third kappa shape index (κ3) is 5.44. The molecule has 0 unspecified atom stereocenters. The number of hydrogen-bond acceptors (Lipinski definition) is 6. The second-order valence-electron chi connectivity index (χ2n) is 8.87. The predicted molar refractivity (Wildman–Crippen MR) is 147 cm³/mol. The molecule has 0 bridgehead atoms. The van der Waals surface area contributed by atoms with E-state index < -0.39 is 0 Å². The molecule has 8 heteroatoms. The Morgan fingerprint density at radius 3 is 2.43 bits per heavy atom. The van der Waals surface area contributed by atoms with E-state index in [1.54, 1.807) is 32.4 Å². The first-order valence-electron chi connectivity index (χ1n) is 12.2. The first-order valence-corrected chi connectivity index (χ1v) is 12.2. The number of morpholine rings is 1. The number of carbonyl (C=O) groups excluding carboxylic acids is 1. The average molecular weight is 499 g/mol. The molecule has 0 saturated carbocycles. The molecule has 0 aliphatic carbocycles. The number of urea groups is 1. The molecule has 3 aromatic carbocycles. The number of ether oxygens (including phenoxy) is 3. The maximum absolute atomic E-state index is 12.8. The lowest BCUT2D eigenvalue weighted by atomic mass is 10.0. The van der Waals surface area contributed by atoms with E-state index in [9.17, 15) is 4.79 Å². The van der Waals surface area contributed by atoms with Crippen molar-refractivity contribution in [3.05, 3.63) is 72.3 Å². The van der Waals surface area contributed by atoms with Gasteiger partial charge in [0.15, 0.2) is 0 Å². The molecule has 0 atom stereocenters. The summed E-state index contributed by atoms with van der Waals surface area (Å²) in [4.78, 5) is 20.1. The minimum Gasteiger partial charge on any atom is -0.497 e. The molecule has 1 aliphatic rings. The van der Waals surface area contributed by atoms with Crippen molar-refractivity contribution in [2.45, 2.75) is 6.92 Å². The zero-order valence-electron chi connectivity index (χ0n) is 21.2. The minimum atomic E-state index is -0.375. The van der Waals surface area contributed by atoms with Crippen molar-refractivity contribution in [2.75, 3.05) is 56.1 Å². The molecule has 0 spiro atoms. The zero-order chi connectivity index (χ0) is 25.8. The normalized spacial score (nSPS) is 13.3. The van der Waals surface area contributed by atoms with E-state index in [-0.39, 0.29) is 6.03 Å². The summed E-state index contributed by atoms with van der Waals surface area (Å²) in [5, 5.41) is 6.76. The fourth-order valence-electron chi connectivity index (χ4n) is 4.41. The van der Waals surface area contributed by atoms with Crippen LogP contribution in [0.4, 0.5) is 21.9 Å². The Bertz CT molecular complexity index is 1420. The Labute approximate surface area is 216 Å². The van der Waals surface area contributed by atoms with Gasteiger partial charge < -0.3 is 29.7 Å². The van der Waals surface area contributed by atoms with Gasteiger partial charge in [0, 0.05) is 41.5 Å². The number of aromatic nitrogens is 1. The number of pyridine rings is 1. The molecule has 2 N–H and O–H groups in total. The Morgan fingerprint density at radius 1 is 0.919 bits per heavy atom. The Balaban J connectivity index is 1.46. The van der Waals surface area contributed by atoms with Crippen LogP contribution in [-0.2, 0) is 4.74 Å². The summed E-state index contributed by atoms with van der Waals surface area (Å²) in [6.45, 7) is 5.01. The van der Waals surface area contributed by atoms with Gasteiger partial charge in [-0.05, 0) is 43.3 Å². The van der Waals surface area contributed by atoms with Crippen LogP contribution in [0.2, 0.25) is 0 Å². The summed E-state index contributed by atoms with van der Waals surface area (Å²) in [5.41, 5.74) is 6.33. The fourth-order valence-corrected chi connectivity index (χ4v) is 4.41. The first-order chi connectivity index (χ1) is 18.0. The van der Waals surface area contributed by atoms with Crippen molar-refractivity contribution >= 4 is 34.0 Å². The lowest BCUT2D eigenvalue weighted by molar-refractivity contribution is 0.123. The second-order valence-corrected chi connectivity index (χ2v) is 8.87. The summed E-state index contributed by atoms with van der Waals surface area (Å²) in [6.07, 6.45) is 0. The largest absolute Gasteiger partial charge is 0.497 e. The van der Waals surface area contributed by atoms with Crippen molar-refractivity contribution in [3.63, 3.8) is 0 Å². The van der Waals surface area contributed by atoms with Gasteiger partial charge in [0.05, 0.1) is 44.3 Å². The van der Waals surface area contributed by atoms with Gasteiger partial charge in [-0.3, -0.25) is 0 Å². The molecule has 1 aromatic heterocycles. The maximum atomic E-state index is 12.8. The van der Waals surface area contributed by atoms with Crippen molar-refractivity contribution in [1.82, 2.24) is 4.98 Å². The Hall–Kier alpha value is -4.30. The van der Waals surface area contributed by atoms with Crippen LogP contribution in [-0.4, -0.2) is 51.5 Å². The molecule has 0 radical (unpaired) electrons. The molecule has 8 nitrogen and oxygen atoms in total. The summed E-state index contributed by atoms with van der Waals surface area (Å²) < 4.78 is 16.2. The third-order valence-corrected chi connectivity index (χ3v) is 6.40. The highest BCUT2D eigenvalue weighted by molar-refractivity contribution is 6.03. The van der Waals surface area contributed by atoms with Crippen LogP contribution in [0.5, 0.6) is 11.5 Å². The van der Waals surface area contributed by atoms with Gasteiger partial charge in [-0.1, -0.05) is 29.8 Å². The molecule has 5 rings (SSSR count). The van der Waals surface area contributed by atoms with Crippen molar-refractivity contribution in [3.8, 4) is 22.8 Å². The quantitative estimate of drug-likeness (QED) is 0.354.